The van der Waals surface area contributed by atoms with Crippen molar-refractivity contribution in [1.29, 1.82) is 0 Å². The highest BCUT2D eigenvalue weighted by Gasteiger charge is 2.52. The Labute approximate surface area is 360 Å². The molecule has 0 aromatic heterocycles. The number of methoxy groups -OCH3 is 1. The smallest absolute Gasteiger partial charge is 0.336 e. The van der Waals surface area contributed by atoms with Crippen LogP contribution in [0.5, 0.6) is 5.75 Å². The molecule has 0 amide bonds. The molecule has 0 bridgehead atoms. The minimum absolute atomic E-state index is 0.445. The summed E-state index contributed by atoms with van der Waals surface area (Å²) in [6.45, 7) is 2.03. The molecule has 6 aromatic rings. The third-order valence-electron chi connectivity index (χ3n) is 9.72. The Balaban J connectivity index is 0.000000324. The number of carbonyl (C=O) groups excluding carboxylic acids is 1. The first kappa shape index (κ1) is 50.6. The zero-order valence-corrected chi connectivity index (χ0v) is 33.2. The molecule has 0 saturated carbocycles. The van der Waals surface area contributed by atoms with Crippen LogP contribution in [0.15, 0.2) is 53.4 Å². The molecule has 0 radical (unpaired) electrons. The molecule has 25 heteroatoms. The molecule has 0 spiro atoms. The maximum absolute atomic E-state index is 15.4. The lowest BCUT2D eigenvalue weighted by molar-refractivity contribution is 0.247. The van der Waals surface area contributed by atoms with Crippen LogP contribution in [0, 0.1) is 123 Å². The van der Waals surface area contributed by atoms with E-state index in [1.807, 2.05) is 43.0 Å². The lowest BCUT2D eigenvalue weighted by atomic mass is 9.12. The fourth-order valence-electron chi connectivity index (χ4n) is 6.79. The van der Waals surface area contributed by atoms with Crippen molar-refractivity contribution in [2.75, 3.05) is 12.9 Å². The molecule has 6 rings (SSSR count). The summed E-state index contributed by atoms with van der Waals surface area (Å²) < 4.78 is 304. The van der Waals surface area contributed by atoms with E-state index in [4.69, 9.17) is 4.74 Å². The van der Waals surface area contributed by atoms with Crippen molar-refractivity contribution in [2.24, 2.45) is 0 Å². The molecule has 350 valence electrons. The molecule has 0 aliphatic carbocycles. The molecule has 3 nitrogen and oxygen atoms in total. The van der Waals surface area contributed by atoms with E-state index in [0.717, 1.165) is 17.7 Å². The van der Waals surface area contributed by atoms with E-state index in [2.05, 4.69) is 29.0 Å². The molecule has 6 aromatic carbocycles. The molecule has 1 N–H and O–H groups in total. The molecule has 0 saturated heterocycles. The molecule has 0 heterocycles. The van der Waals surface area contributed by atoms with Crippen molar-refractivity contribution in [1.82, 2.24) is 0 Å². The van der Waals surface area contributed by atoms with Gasteiger partial charge in [0.05, 0.1) is 0 Å². The Morgan fingerprint density at radius 3 is 1.05 bits per heavy atom. The first-order chi connectivity index (χ1) is 30.9. The summed E-state index contributed by atoms with van der Waals surface area (Å²) in [6, 6.07) is 16.2. The SMILES string of the molecule is COC(=[OH+])Oc1ccc(SCCc2ccccc2)c(C)c1.Fc1c(F)c(F)c([B-](c2c(F)c(F)c(F)c(F)c2F)(c2c(F)c(F)c(F)c(F)c2F)c2c(F)c(F)c(F)c(F)c2F)c(F)c1F. The van der Waals surface area contributed by atoms with Crippen molar-refractivity contribution < 1.29 is 102 Å². The number of rotatable bonds is 9. The van der Waals surface area contributed by atoms with E-state index < -0.39 is 150 Å². The maximum Gasteiger partial charge on any atom is 0.718 e. The number of hydrogen-bond donors (Lipinski definition) is 0. The van der Waals surface area contributed by atoms with E-state index >= 15 is 35.1 Å². The third kappa shape index (κ3) is 8.59. The van der Waals surface area contributed by atoms with Gasteiger partial charge < -0.3 is 9.53 Å². The van der Waals surface area contributed by atoms with Gasteiger partial charge in [-0.3, -0.25) is 4.74 Å². The summed E-state index contributed by atoms with van der Waals surface area (Å²) in [5, 5.41) is 0. The van der Waals surface area contributed by atoms with Gasteiger partial charge in [-0.25, -0.2) is 87.8 Å². The van der Waals surface area contributed by atoms with Crippen LogP contribution in [0.1, 0.15) is 11.1 Å². The first-order valence-corrected chi connectivity index (χ1v) is 18.7. The topological polar surface area (TPSA) is 39.9 Å². The Hall–Kier alpha value is -6.40. The minimum atomic E-state index is -7.22. The second kappa shape index (κ2) is 19.6. The average Bonchev–Trinajstić information content (AvgIpc) is 3.30. The van der Waals surface area contributed by atoms with Gasteiger partial charge in [-0.1, -0.05) is 30.3 Å². The number of ether oxygens (including phenoxy) is 2. The lowest BCUT2D eigenvalue weighted by Crippen LogP contribution is -2.81. The quantitative estimate of drug-likeness (QED) is 0.0212. The van der Waals surface area contributed by atoms with Crippen LogP contribution in [-0.2, 0) is 11.2 Å². The van der Waals surface area contributed by atoms with Crippen molar-refractivity contribution in [3.63, 3.8) is 0 Å². The van der Waals surface area contributed by atoms with Gasteiger partial charge in [0.1, 0.15) is 59.8 Å². The van der Waals surface area contributed by atoms with Gasteiger partial charge in [0.2, 0.25) is 5.75 Å². The zero-order valence-electron chi connectivity index (χ0n) is 32.3. The fourth-order valence-corrected chi connectivity index (χ4v) is 7.80. The molecular weight excluding hydrogens is 963 g/mol. The van der Waals surface area contributed by atoms with Crippen molar-refractivity contribution in [2.45, 2.75) is 18.2 Å². The normalized spacial score (nSPS) is 11.4. The number of benzene rings is 6. The number of thioether (sulfide) groups is 1. The molecule has 66 heavy (non-hydrogen) atoms. The van der Waals surface area contributed by atoms with Crippen LogP contribution in [0.25, 0.3) is 0 Å². The standard InChI is InChI=1S/C24BF20.C17H18O3S/c26-5-1(6(27)14(35)21(42)13(5)34)25(2-7(28)15(36)22(43)16(37)8(2)29,3-9(30)17(38)23(44)18(39)10(3)31)4-11(32)19(40)24(45)20(41)12(4)33;1-13-12-15(20-17(18)19-2)8-9-16(13)21-11-10-14-6-4-3-5-7-14/h;3-9,12H,10-11H2,1-2H3/q-1;/p+1. The molecule has 0 aliphatic heterocycles. The first-order valence-electron chi connectivity index (χ1n) is 17.7. The van der Waals surface area contributed by atoms with E-state index in [1.54, 1.807) is 0 Å². The van der Waals surface area contributed by atoms with Crippen LogP contribution >= 0.6 is 11.8 Å². The lowest BCUT2D eigenvalue weighted by Gasteiger charge is -2.44. The number of aryl methyl sites for hydroxylation is 2. The molecule has 0 unspecified atom stereocenters. The third-order valence-corrected chi connectivity index (χ3v) is 10.9. The van der Waals surface area contributed by atoms with Crippen molar-refractivity contribution in [3.05, 3.63) is 176 Å². The Morgan fingerprint density at radius 2 is 0.758 bits per heavy atom. The van der Waals surface area contributed by atoms with E-state index in [1.165, 1.54) is 17.6 Å². The van der Waals surface area contributed by atoms with Crippen LogP contribution in [0.2, 0.25) is 0 Å². The Bertz CT molecular complexity index is 2520. The van der Waals surface area contributed by atoms with Gasteiger partial charge in [-0.05, 0) is 30.5 Å². The average molecular weight is 982 g/mol. The Morgan fingerprint density at radius 1 is 0.455 bits per heavy atom. The number of halogens is 20. The predicted molar refractivity (Wildman–Crippen MR) is 196 cm³/mol. The van der Waals surface area contributed by atoms with E-state index in [-0.39, 0.29) is 0 Å². The minimum Gasteiger partial charge on any atom is -0.336 e. The predicted octanol–water partition coefficient (Wildman–Crippen LogP) is 9.66. The highest BCUT2D eigenvalue weighted by molar-refractivity contribution is 7.99. The molecule has 0 fully saturated rings. The summed E-state index contributed by atoms with van der Waals surface area (Å²) in [5.74, 6) is -69.8. The number of hydrogen-bond acceptors (Lipinski definition) is 3. The second-order valence-electron chi connectivity index (χ2n) is 13.4. The van der Waals surface area contributed by atoms with Gasteiger partial charge in [-0.15, -0.1) is 33.6 Å². The van der Waals surface area contributed by atoms with Crippen LogP contribution in [0.3, 0.4) is 0 Å². The summed E-state index contributed by atoms with van der Waals surface area (Å²) in [5.41, 5.74) is -11.9. The second-order valence-corrected chi connectivity index (χ2v) is 14.5. The zero-order chi connectivity index (χ0) is 49.4. The van der Waals surface area contributed by atoms with E-state index in [0.29, 0.717) is 5.75 Å². The largest absolute Gasteiger partial charge is 0.718 e. The summed E-state index contributed by atoms with van der Waals surface area (Å²) in [6.07, 6.45) is -6.62. The highest BCUT2D eigenvalue weighted by atomic mass is 32.2. The van der Waals surface area contributed by atoms with Gasteiger partial charge in [-0.2, -0.15) is 0 Å². The monoisotopic (exact) mass is 982 g/mol. The Kier molecular flexibility index (Phi) is 15.0. The summed E-state index contributed by atoms with van der Waals surface area (Å²) in [4.78, 5) is 10.4. The van der Waals surface area contributed by atoms with Crippen molar-refractivity contribution in [3.8, 4) is 5.75 Å². The highest BCUT2D eigenvalue weighted by Crippen LogP contribution is 2.31. The van der Waals surface area contributed by atoms with Gasteiger partial charge in [0.15, 0.2) is 69.8 Å². The maximum atomic E-state index is 15.4. The van der Waals surface area contributed by atoms with Crippen LogP contribution in [-0.4, -0.2) is 30.0 Å². The van der Waals surface area contributed by atoms with Crippen LogP contribution in [0.4, 0.5) is 87.8 Å². The van der Waals surface area contributed by atoms with Gasteiger partial charge in [0.25, 0.3) is 0 Å². The summed E-state index contributed by atoms with van der Waals surface area (Å²) >= 11 is 1.82. The van der Waals surface area contributed by atoms with Gasteiger partial charge in [0, 0.05) is 22.8 Å². The molecule has 0 aliphatic rings. The van der Waals surface area contributed by atoms with Gasteiger partial charge >= 0.3 is 6.16 Å². The fraction of sp³-hybridized carbons (Fsp3) is 0.0976. The summed E-state index contributed by atoms with van der Waals surface area (Å²) in [7, 11) is 1.36. The molecular formula is C41H19BF20O3S. The van der Waals surface area contributed by atoms with Crippen molar-refractivity contribution >= 4 is 45.9 Å². The molecule has 0 atom stereocenters. The van der Waals surface area contributed by atoms with E-state index in [9.17, 15) is 57.5 Å². The van der Waals surface area contributed by atoms with Crippen LogP contribution < -0.4 is 26.6 Å².